The molecule has 0 radical (unpaired) electrons. The number of anilines is 2. The first-order valence-corrected chi connectivity index (χ1v) is 18.0. The third-order valence-corrected chi connectivity index (χ3v) is 10.7. The average molecular weight is 657 g/mol. The predicted molar refractivity (Wildman–Crippen MR) is 209 cm³/mol. The van der Waals surface area contributed by atoms with Gasteiger partial charge in [0.1, 0.15) is 17.7 Å². The number of nitrogens with zero attached hydrogens (tertiary/aromatic N) is 4. The van der Waals surface area contributed by atoms with Crippen molar-refractivity contribution in [1.82, 2.24) is 0 Å². The zero-order chi connectivity index (χ0) is 34.9. The van der Waals surface area contributed by atoms with E-state index in [1.807, 2.05) is 26.2 Å². The molecule has 3 atom stereocenters. The van der Waals surface area contributed by atoms with E-state index in [1.165, 1.54) is 11.1 Å². The van der Waals surface area contributed by atoms with Gasteiger partial charge in [0.15, 0.2) is 0 Å². The molecule has 0 aliphatic heterocycles. The average Bonchev–Trinajstić information content (AvgIpc) is 3.13. The molecule has 1 saturated carbocycles. The second kappa shape index (κ2) is 13.9. The summed E-state index contributed by atoms with van der Waals surface area (Å²) < 4.78 is 0. The highest BCUT2D eigenvalue weighted by Crippen LogP contribution is 2.57. The van der Waals surface area contributed by atoms with Crippen LogP contribution in [0.4, 0.5) is 11.4 Å². The summed E-state index contributed by atoms with van der Waals surface area (Å²) in [7, 11) is 4.08. The number of nitriles is 2. The SMILES string of the molecule is CCCCN(CCCC)c1ccc(C2C(=C(C#N)C#N)C(c3ccc(N(C)C)c4cc5ccccc5cc34)C2O)c2cc3ccccc3cc12. The Morgan fingerprint density at radius 2 is 1.04 bits per heavy atom. The molecule has 250 valence electrons. The summed E-state index contributed by atoms with van der Waals surface area (Å²) >= 11 is 0. The molecule has 0 aromatic heterocycles. The van der Waals surface area contributed by atoms with Crippen LogP contribution in [0.2, 0.25) is 0 Å². The van der Waals surface area contributed by atoms with E-state index in [1.54, 1.807) is 0 Å². The van der Waals surface area contributed by atoms with Crippen LogP contribution in [0.1, 0.15) is 62.5 Å². The van der Waals surface area contributed by atoms with Gasteiger partial charge in [-0.1, -0.05) is 87.4 Å². The van der Waals surface area contributed by atoms with Crippen LogP contribution in [0, 0.1) is 22.7 Å². The topological polar surface area (TPSA) is 74.3 Å². The summed E-state index contributed by atoms with van der Waals surface area (Å²) in [4.78, 5) is 4.62. The van der Waals surface area contributed by atoms with Crippen molar-refractivity contribution >= 4 is 54.5 Å². The van der Waals surface area contributed by atoms with E-state index in [4.69, 9.17) is 0 Å². The maximum Gasteiger partial charge on any atom is 0.130 e. The van der Waals surface area contributed by atoms with E-state index in [0.29, 0.717) is 5.57 Å². The number of fused-ring (bicyclic) bond motifs is 4. The lowest BCUT2D eigenvalue weighted by Crippen LogP contribution is -2.42. The highest BCUT2D eigenvalue weighted by atomic mass is 16.3. The molecule has 0 amide bonds. The van der Waals surface area contributed by atoms with Crippen molar-refractivity contribution in [2.45, 2.75) is 57.5 Å². The zero-order valence-electron chi connectivity index (χ0n) is 29.4. The molecule has 0 bridgehead atoms. The lowest BCUT2D eigenvalue weighted by molar-refractivity contribution is 0.0871. The molecule has 0 saturated heterocycles. The van der Waals surface area contributed by atoms with Crippen LogP contribution >= 0.6 is 0 Å². The number of hydrogen-bond donors (Lipinski definition) is 1. The molecule has 6 aromatic carbocycles. The molecule has 5 nitrogen and oxygen atoms in total. The Morgan fingerprint density at radius 1 is 0.620 bits per heavy atom. The van der Waals surface area contributed by atoms with Crippen LogP contribution < -0.4 is 9.80 Å². The van der Waals surface area contributed by atoms with Crippen molar-refractivity contribution in [3.05, 3.63) is 119 Å². The van der Waals surface area contributed by atoms with Gasteiger partial charge in [-0.15, -0.1) is 0 Å². The van der Waals surface area contributed by atoms with Crippen LogP contribution in [0.5, 0.6) is 0 Å². The number of allylic oxidation sites excluding steroid dienone is 1. The van der Waals surface area contributed by atoms with Crippen molar-refractivity contribution in [3.63, 3.8) is 0 Å². The summed E-state index contributed by atoms with van der Waals surface area (Å²) in [6.45, 7) is 6.43. The van der Waals surface area contributed by atoms with E-state index < -0.39 is 17.9 Å². The molecule has 1 aliphatic rings. The molecule has 0 spiro atoms. The van der Waals surface area contributed by atoms with Crippen molar-refractivity contribution in [2.75, 3.05) is 37.0 Å². The second-order valence-corrected chi connectivity index (χ2v) is 13.9. The standard InChI is InChI=1S/C45H44N4O/c1-5-7-21-49(22-8-6-2)41-20-18-35(37-24-30-14-10-12-16-32(30)26-39(37)41)44-42(33(27-46)28-47)43(45(44)50)34-17-19-40(48(3)4)38-25-31-15-11-9-13-29(31)23-36(34)38/h9-20,23-26,43-45,50H,5-8,21-22H2,1-4H3. The Labute approximate surface area is 295 Å². The quantitative estimate of drug-likeness (QED) is 0.117. The third kappa shape index (κ3) is 5.63. The summed E-state index contributed by atoms with van der Waals surface area (Å²) in [6.07, 6.45) is 3.64. The van der Waals surface area contributed by atoms with E-state index in [-0.39, 0.29) is 5.57 Å². The van der Waals surface area contributed by atoms with Gasteiger partial charge in [0.25, 0.3) is 0 Å². The summed E-state index contributed by atoms with van der Waals surface area (Å²) in [5.41, 5.74) is 4.96. The number of aliphatic hydroxyl groups excluding tert-OH is 1. The summed E-state index contributed by atoms with van der Waals surface area (Å²) in [5, 5.41) is 41.9. The van der Waals surface area contributed by atoms with Crippen molar-refractivity contribution in [3.8, 4) is 12.1 Å². The number of hydrogen-bond acceptors (Lipinski definition) is 5. The molecule has 1 fully saturated rings. The molecule has 7 rings (SSSR count). The Hall–Kier alpha value is -5.36. The first-order chi connectivity index (χ1) is 24.4. The molecular weight excluding hydrogens is 613 g/mol. The maximum atomic E-state index is 12.3. The van der Waals surface area contributed by atoms with Crippen molar-refractivity contribution < 1.29 is 5.11 Å². The number of benzene rings is 6. The number of rotatable bonds is 10. The van der Waals surface area contributed by atoms with E-state index in [9.17, 15) is 15.6 Å². The van der Waals surface area contributed by atoms with Crippen LogP contribution in [0.25, 0.3) is 43.1 Å². The van der Waals surface area contributed by atoms with Crippen LogP contribution in [-0.2, 0) is 0 Å². The highest BCUT2D eigenvalue weighted by Gasteiger charge is 2.49. The molecule has 0 heterocycles. The van der Waals surface area contributed by atoms with Gasteiger partial charge in [-0.3, -0.25) is 0 Å². The second-order valence-electron chi connectivity index (χ2n) is 13.9. The molecule has 3 unspecified atom stereocenters. The first-order valence-electron chi connectivity index (χ1n) is 18.0. The van der Waals surface area contributed by atoms with Crippen LogP contribution in [-0.4, -0.2) is 38.4 Å². The maximum absolute atomic E-state index is 12.3. The normalized spacial score (nSPS) is 17.1. The first kappa shape index (κ1) is 33.2. The predicted octanol–water partition coefficient (Wildman–Crippen LogP) is 10.4. The fourth-order valence-electron chi connectivity index (χ4n) is 8.14. The van der Waals surface area contributed by atoms with Gasteiger partial charge < -0.3 is 14.9 Å². The largest absolute Gasteiger partial charge is 0.391 e. The Balaban J connectivity index is 1.44. The molecular formula is C45H44N4O. The fourth-order valence-corrected chi connectivity index (χ4v) is 8.14. The Kier molecular flexibility index (Phi) is 9.20. The molecule has 1 aliphatic carbocycles. The lowest BCUT2D eigenvalue weighted by atomic mass is 9.59. The monoisotopic (exact) mass is 656 g/mol. The van der Waals surface area contributed by atoms with Crippen molar-refractivity contribution in [1.29, 1.82) is 10.5 Å². The Morgan fingerprint density at radius 3 is 1.46 bits per heavy atom. The molecule has 1 N–H and O–H groups in total. The van der Waals surface area contributed by atoms with Crippen molar-refractivity contribution in [2.24, 2.45) is 0 Å². The minimum absolute atomic E-state index is 0.0847. The van der Waals surface area contributed by atoms with Crippen LogP contribution in [0.15, 0.2) is 108 Å². The smallest absolute Gasteiger partial charge is 0.130 e. The third-order valence-electron chi connectivity index (χ3n) is 10.7. The van der Waals surface area contributed by atoms with Gasteiger partial charge in [-0.05, 0) is 98.3 Å². The molecule has 50 heavy (non-hydrogen) atoms. The zero-order valence-corrected chi connectivity index (χ0v) is 29.4. The van der Waals surface area contributed by atoms with Crippen LogP contribution in [0.3, 0.4) is 0 Å². The summed E-state index contributed by atoms with van der Waals surface area (Å²) in [5.74, 6) is -0.981. The fraction of sp³-hybridized carbons (Fsp3) is 0.289. The van der Waals surface area contributed by atoms with Gasteiger partial charge in [-0.2, -0.15) is 10.5 Å². The Bertz CT molecular complexity index is 2330. The van der Waals surface area contributed by atoms with Gasteiger partial charge in [0.2, 0.25) is 0 Å². The lowest BCUT2D eigenvalue weighted by Gasteiger charge is -2.46. The number of aliphatic hydroxyl groups is 1. The summed E-state index contributed by atoms with van der Waals surface area (Å²) in [6, 6.07) is 38.7. The van der Waals surface area contributed by atoms with E-state index in [2.05, 4.69) is 121 Å². The van der Waals surface area contributed by atoms with Gasteiger partial charge in [0, 0.05) is 61.2 Å². The minimum Gasteiger partial charge on any atom is -0.391 e. The van der Waals surface area contributed by atoms with E-state index >= 15 is 0 Å². The molecule has 6 aromatic rings. The van der Waals surface area contributed by atoms with E-state index in [0.717, 1.165) is 93.3 Å². The molecule has 5 heteroatoms. The van der Waals surface area contributed by atoms with Gasteiger partial charge in [-0.25, -0.2) is 0 Å². The van der Waals surface area contributed by atoms with Gasteiger partial charge >= 0.3 is 0 Å². The number of unbranched alkanes of at least 4 members (excludes halogenated alkanes) is 2. The minimum atomic E-state index is -0.821. The van der Waals surface area contributed by atoms with Gasteiger partial charge in [0.05, 0.1) is 6.10 Å². The highest BCUT2D eigenvalue weighted by molar-refractivity contribution is 6.07.